The van der Waals surface area contributed by atoms with E-state index in [1.807, 2.05) is 0 Å². The zero-order chi connectivity index (χ0) is 12.3. The molecule has 1 aromatic rings. The zero-order valence-corrected chi connectivity index (χ0v) is 10.7. The average molecular weight is 287 g/mol. The molecule has 0 aliphatic heterocycles. The Balaban J connectivity index is 2.92. The molecule has 0 aromatic heterocycles. The van der Waals surface area contributed by atoms with Gasteiger partial charge in [-0.3, -0.25) is 4.79 Å². The Kier molecular flexibility index (Phi) is 4.35. The van der Waals surface area contributed by atoms with E-state index in [0.29, 0.717) is 10.0 Å². The lowest BCUT2D eigenvalue weighted by Crippen LogP contribution is -2.15. The van der Waals surface area contributed by atoms with Gasteiger partial charge in [-0.05, 0) is 41.1 Å². The van der Waals surface area contributed by atoms with Gasteiger partial charge in [-0.25, -0.2) is 4.39 Å². The van der Waals surface area contributed by atoms with Crippen LogP contribution in [0.15, 0.2) is 22.7 Å². The normalized spacial score (nSPS) is 12.2. The maximum Gasteiger partial charge on any atom is 0.167 e. The molecular weight excluding hydrogens is 275 g/mol. The molecule has 1 unspecified atom stereocenters. The molecule has 86 valence electrons. The lowest BCUT2D eigenvalue weighted by atomic mass is 9.95. The molecule has 1 rings (SSSR count). The standard InChI is InChI=1S/C12H12BrFO2/c1-7(5-8(2)15)12(16)10-4-3-9(14)6-11(10)13/h3-4,6-7H,5H2,1-2H3. The number of carbonyl (C=O) groups excluding carboxylic acids is 2. The van der Waals surface area contributed by atoms with Crippen molar-refractivity contribution in [3.05, 3.63) is 34.1 Å². The van der Waals surface area contributed by atoms with Gasteiger partial charge >= 0.3 is 0 Å². The van der Waals surface area contributed by atoms with Crippen molar-refractivity contribution in [1.29, 1.82) is 0 Å². The Labute approximate surface area is 102 Å². The van der Waals surface area contributed by atoms with Crippen molar-refractivity contribution in [1.82, 2.24) is 0 Å². The van der Waals surface area contributed by atoms with Gasteiger partial charge in [0.15, 0.2) is 5.78 Å². The third-order valence-electron chi connectivity index (χ3n) is 2.24. The highest BCUT2D eigenvalue weighted by molar-refractivity contribution is 9.10. The molecule has 1 aromatic carbocycles. The van der Waals surface area contributed by atoms with Crippen LogP contribution in [0.3, 0.4) is 0 Å². The number of rotatable bonds is 4. The fourth-order valence-electron chi connectivity index (χ4n) is 1.48. The fourth-order valence-corrected chi connectivity index (χ4v) is 2.02. The maximum absolute atomic E-state index is 12.8. The van der Waals surface area contributed by atoms with Crippen molar-refractivity contribution in [2.45, 2.75) is 20.3 Å². The molecule has 0 amide bonds. The highest BCUT2D eigenvalue weighted by Crippen LogP contribution is 2.22. The summed E-state index contributed by atoms with van der Waals surface area (Å²) >= 11 is 3.14. The van der Waals surface area contributed by atoms with Gasteiger partial charge in [-0.1, -0.05) is 6.92 Å². The van der Waals surface area contributed by atoms with Crippen LogP contribution in [-0.2, 0) is 4.79 Å². The smallest absolute Gasteiger partial charge is 0.167 e. The van der Waals surface area contributed by atoms with Gasteiger partial charge in [0.25, 0.3) is 0 Å². The van der Waals surface area contributed by atoms with E-state index in [0.717, 1.165) is 0 Å². The summed E-state index contributed by atoms with van der Waals surface area (Å²) in [6.07, 6.45) is 0.211. The summed E-state index contributed by atoms with van der Waals surface area (Å²) in [5, 5.41) is 0. The Morgan fingerprint density at radius 2 is 2.06 bits per heavy atom. The van der Waals surface area contributed by atoms with Crippen LogP contribution in [0.4, 0.5) is 4.39 Å². The second kappa shape index (κ2) is 5.34. The van der Waals surface area contributed by atoms with Crippen LogP contribution >= 0.6 is 15.9 Å². The van der Waals surface area contributed by atoms with E-state index in [9.17, 15) is 14.0 Å². The largest absolute Gasteiger partial charge is 0.300 e. The number of carbonyl (C=O) groups is 2. The van der Waals surface area contributed by atoms with E-state index >= 15 is 0 Å². The molecule has 1 atom stereocenters. The van der Waals surface area contributed by atoms with Crippen LogP contribution in [0.5, 0.6) is 0 Å². The average Bonchev–Trinajstić information content (AvgIpc) is 2.15. The summed E-state index contributed by atoms with van der Waals surface area (Å²) in [5.41, 5.74) is 0.412. The first kappa shape index (κ1) is 13.0. The van der Waals surface area contributed by atoms with Crippen molar-refractivity contribution in [2.75, 3.05) is 0 Å². The Bertz CT molecular complexity index is 429. The molecule has 0 fully saturated rings. The minimum absolute atomic E-state index is 0.0286. The highest BCUT2D eigenvalue weighted by atomic mass is 79.9. The van der Waals surface area contributed by atoms with Crippen LogP contribution < -0.4 is 0 Å². The molecule has 0 spiro atoms. The summed E-state index contributed by atoms with van der Waals surface area (Å²) in [4.78, 5) is 22.8. The molecule has 0 saturated heterocycles. The van der Waals surface area contributed by atoms with Crippen molar-refractivity contribution < 1.29 is 14.0 Å². The monoisotopic (exact) mass is 286 g/mol. The SMILES string of the molecule is CC(=O)CC(C)C(=O)c1ccc(F)cc1Br. The lowest BCUT2D eigenvalue weighted by molar-refractivity contribution is -0.117. The topological polar surface area (TPSA) is 34.1 Å². The molecule has 0 N–H and O–H groups in total. The number of Topliss-reactive ketones (excluding diaryl/α,β-unsaturated/α-hetero) is 2. The van der Waals surface area contributed by atoms with Gasteiger partial charge in [-0.2, -0.15) is 0 Å². The predicted molar refractivity (Wildman–Crippen MR) is 62.9 cm³/mol. The summed E-state index contributed by atoms with van der Waals surface area (Å²) in [7, 11) is 0. The van der Waals surface area contributed by atoms with Gasteiger partial charge in [0, 0.05) is 22.4 Å². The van der Waals surface area contributed by atoms with E-state index in [4.69, 9.17) is 0 Å². The van der Waals surface area contributed by atoms with Crippen molar-refractivity contribution in [2.24, 2.45) is 5.92 Å². The molecule has 4 heteroatoms. The van der Waals surface area contributed by atoms with E-state index in [1.54, 1.807) is 6.92 Å². The molecule has 0 aliphatic rings. The summed E-state index contributed by atoms with van der Waals surface area (Å²) in [6.45, 7) is 3.14. The Morgan fingerprint density at radius 3 is 2.56 bits per heavy atom. The molecule has 0 heterocycles. The Hall–Kier alpha value is -1.03. The molecule has 0 aliphatic carbocycles. The second-order valence-corrected chi connectivity index (χ2v) is 4.65. The number of hydrogen-bond donors (Lipinski definition) is 0. The molecule has 0 bridgehead atoms. The highest BCUT2D eigenvalue weighted by Gasteiger charge is 2.19. The third kappa shape index (κ3) is 3.23. The van der Waals surface area contributed by atoms with Gasteiger partial charge < -0.3 is 4.79 Å². The molecule has 0 saturated carbocycles. The second-order valence-electron chi connectivity index (χ2n) is 3.80. The lowest BCUT2D eigenvalue weighted by Gasteiger charge is -2.09. The molecule has 2 nitrogen and oxygen atoms in total. The minimum atomic E-state index is -0.400. The number of halogens is 2. The van der Waals surface area contributed by atoms with E-state index in [2.05, 4.69) is 15.9 Å². The maximum atomic E-state index is 12.8. The van der Waals surface area contributed by atoms with E-state index < -0.39 is 5.82 Å². The molecule has 0 radical (unpaired) electrons. The van der Waals surface area contributed by atoms with Gasteiger partial charge in [0.1, 0.15) is 11.6 Å². The van der Waals surface area contributed by atoms with Gasteiger partial charge in [0.05, 0.1) is 0 Å². The van der Waals surface area contributed by atoms with Crippen LogP contribution in [0.2, 0.25) is 0 Å². The summed E-state index contributed by atoms with van der Waals surface area (Å²) in [5.74, 6) is -0.955. The molecule has 16 heavy (non-hydrogen) atoms. The van der Waals surface area contributed by atoms with Crippen LogP contribution in [-0.4, -0.2) is 11.6 Å². The van der Waals surface area contributed by atoms with E-state index in [-0.39, 0.29) is 23.9 Å². The number of ketones is 2. The fraction of sp³-hybridized carbons (Fsp3) is 0.333. The minimum Gasteiger partial charge on any atom is -0.300 e. The van der Waals surface area contributed by atoms with Crippen LogP contribution in [0, 0.1) is 11.7 Å². The third-order valence-corrected chi connectivity index (χ3v) is 2.89. The zero-order valence-electron chi connectivity index (χ0n) is 9.09. The summed E-state index contributed by atoms with van der Waals surface area (Å²) in [6, 6.07) is 3.91. The van der Waals surface area contributed by atoms with Crippen molar-refractivity contribution in [3.63, 3.8) is 0 Å². The van der Waals surface area contributed by atoms with Crippen LogP contribution in [0.25, 0.3) is 0 Å². The number of hydrogen-bond acceptors (Lipinski definition) is 2. The van der Waals surface area contributed by atoms with Crippen LogP contribution in [0.1, 0.15) is 30.6 Å². The van der Waals surface area contributed by atoms with E-state index in [1.165, 1.54) is 25.1 Å². The summed E-state index contributed by atoms with van der Waals surface area (Å²) < 4.78 is 13.3. The van der Waals surface area contributed by atoms with Crippen molar-refractivity contribution in [3.8, 4) is 0 Å². The Morgan fingerprint density at radius 1 is 1.44 bits per heavy atom. The van der Waals surface area contributed by atoms with Gasteiger partial charge in [-0.15, -0.1) is 0 Å². The predicted octanol–water partition coefficient (Wildman–Crippen LogP) is 3.39. The first-order valence-corrected chi connectivity index (χ1v) is 5.70. The first-order valence-electron chi connectivity index (χ1n) is 4.90. The number of benzene rings is 1. The quantitative estimate of drug-likeness (QED) is 0.795. The van der Waals surface area contributed by atoms with Gasteiger partial charge in [0.2, 0.25) is 0 Å². The van der Waals surface area contributed by atoms with Crippen molar-refractivity contribution >= 4 is 27.5 Å². The molecular formula is C12H12BrFO2. The first-order chi connectivity index (χ1) is 7.41.